The second-order valence-electron chi connectivity index (χ2n) is 4.78. The highest BCUT2D eigenvalue weighted by Crippen LogP contribution is 2.23. The normalized spacial score (nSPS) is 25.8. The van der Waals surface area contributed by atoms with Gasteiger partial charge in [0.1, 0.15) is 0 Å². The van der Waals surface area contributed by atoms with Crippen molar-refractivity contribution in [3.8, 4) is 0 Å². The van der Waals surface area contributed by atoms with Crippen LogP contribution in [0.1, 0.15) is 39.5 Å². The predicted octanol–water partition coefficient (Wildman–Crippen LogP) is 1.08. The van der Waals surface area contributed by atoms with Gasteiger partial charge in [-0.25, -0.2) is 0 Å². The van der Waals surface area contributed by atoms with Crippen molar-refractivity contribution in [1.82, 2.24) is 5.32 Å². The van der Waals surface area contributed by atoms with Crippen molar-refractivity contribution in [2.24, 2.45) is 5.92 Å². The zero-order valence-electron chi connectivity index (χ0n) is 10.2. The lowest BCUT2D eigenvalue weighted by atomic mass is 9.86. The Labute approximate surface area is 97.4 Å². The van der Waals surface area contributed by atoms with E-state index in [2.05, 4.69) is 5.32 Å². The summed E-state index contributed by atoms with van der Waals surface area (Å²) in [5, 5.41) is 12.8. The Balaban J connectivity index is 2.12. The fraction of sp³-hybridized carbons (Fsp3) is 0.917. The van der Waals surface area contributed by atoms with Crippen LogP contribution in [-0.2, 0) is 9.53 Å². The van der Waals surface area contributed by atoms with Gasteiger partial charge in [0.25, 0.3) is 0 Å². The Morgan fingerprint density at radius 2 is 2.12 bits per heavy atom. The average molecular weight is 229 g/mol. The Kier molecular flexibility index (Phi) is 5.77. The molecule has 0 saturated heterocycles. The molecule has 0 amide bonds. The van der Waals surface area contributed by atoms with Crippen LogP contribution < -0.4 is 5.32 Å². The molecule has 2 unspecified atom stereocenters. The lowest BCUT2D eigenvalue weighted by Gasteiger charge is -2.27. The summed E-state index contributed by atoms with van der Waals surface area (Å²) < 4.78 is 5.00. The van der Waals surface area contributed by atoms with Gasteiger partial charge in [-0.1, -0.05) is 12.8 Å². The molecule has 94 valence electrons. The molecule has 1 aliphatic rings. The summed E-state index contributed by atoms with van der Waals surface area (Å²) in [7, 11) is 0. The predicted molar refractivity (Wildman–Crippen MR) is 62.1 cm³/mol. The van der Waals surface area contributed by atoms with Crippen LogP contribution in [0.5, 0.6) is 0 Å². The maximum absolute atomic E-state index is 11.2. The molecule has 4 heteroatoms. The Hall–Kier alpha value is -0.610. The molecule has 4 nitrogen and oxygen atoms in total. The van der Waals surface area contributed by atoms with E-state index in [9.17, 15) is 9.90 Å². The van der Waals surface area contributed by atoms with Gasteiger partial charge < -0.3 is 15.2 Å². The quantitative estimate of drug-likeness (QED) is 0.693. The van der Waals surface area contributed by atoms with Gasteiger partial charge in [0, 0.05) is 6.54 Å². The molecule has 1 fully saturated rings. The number of aliphatic hydroxyl groups is 1. The van der Waals surface area contributed by atoms with Gasteiger partial charge in [-0.15, -0.1) is 0 Å². The van der Waals surface area contributed by atoms with Crippen molar-refractivity contribution in [3.63, 3.8) is 0 Å². The molecule has 0 bridgehead atoms. The monoisotopic (exact) mass is 229 g/mol. The molecular formula is C12H23NO3. The van der Waals surface area contributed by atoms with E-state index in [1.165, 1.54) is 6.42 Å². The number of ether oxygens (including phenoxy) is 1. The molecule has 0 aliphatic heterocycles. The lowest BCUT2D eigenvalue weighted by molar-refractivity contribution is -0.146. The number of hydrogen-bond acceptors (Lipinski definition) is 4. The van der Waals surface area contributed by atoms with Gasteiger partial charge in [0.15, 0.2) is 0 Å². The molecule has 1 saturated carbocycles. The fourth-order valence-corrected chi connectivity index (χ4v) is 2.09. The average Bonchev–Trinajstić information content (AvgIpc) is 2.19. The first-order valence-electron chi connectivity index (χ1n) is 6.18. The molecule has 16 heavy (non-hydrogen) atoms. The lowest BCUT2D eigenvalue weighted by Crippen LogP contribution is -2.36. The number of aliphatic hydroxyl groups excluding tert-OH is 1. The SMILES string of the molecule is CC(C)OC(=O)CNCC1CCCCC1O. The third-order valence-corrected chi connectivity index (χ3v) is 2.91. The largest absolute Gasteiger partial charge is 0.462 e. The number of esters is 1. The zero-order chi connectivity index (χ0) is 12.0. The van der Waals surface area contributed by atoms with E-state index in [-0.39, 0.29) is 24.7 Å². The van der Waals surface area contributed by atoms with Crippen molar-refractivity contribution in [1.29, 1.82) is 0 Å². The number of hydrogen-bond donors (Lipinski definition) is 2. The van der Waals surface area contributed by atoms with Crippen LogP contribution in [0.15, 0.2) is 0 Å². The molecule has 0 radical (unpaired) electrons. The summed E-state index contributed by atoms with van der Waals surface area (Å²) in [5.41, 5.74) is 0. The van der Waals surface area contributed by atoms with Crippen molar-refractivity contribution < 1.29 is 14.6 Å². The van der Waals surface area contributed by atoms with Crippen molar-refractivity contribution in [2.75, 3.05) is 13.1 Å². The van der Waals surface area contributed by atoms with Crippen LogP contribution in [0.2, 0.25) is 0 Å². The summed E-state index contributed by atoms with van der Waals surface area (Å²) in [6, 6.07) is 0. The summed E-state index contributed by atoms with van der Waals surface area (Å²) in [6.07, 6.45) is 3.97. The van der Waals surface area contributed by atoms with Gasteiger partial charge in [-0.3, -0.25) is 4.79 Å². The van der Waals surface area contributed by atoms with Crippen molar-refractivity contribution in [3.05, 3.63) is 0 Å². The standard InChI is InChI=1S/C12H23NO3/c1-9(2)16-12(15)8-13-7-10-5-3-4-6-11(10)14/h9-11,13-14H,3-8H2,1-2H3. The van der Waals surface area contributed by atoms with Gasteiger partial charge in [0.05, 0.1) is 18.8 Å². The number of carbonyl (C=O) groups excluding carboxylic acids is 1. The van der Waals surface area contributed by atoms with Crippen LogP contribution in [-0.4, -0.2) is 36.4 Å². The van der Waals surface area contributed by atoms with Crippen LogP contribution in [0.25, 0.3) is 0 Å². The minimum absolute atomic E-state index is 0.0606. The highest BCUT2D eigenvalue weighted by molar-refractivity contribution is 5.71. The van der Waals surface area contributed by atoms with E-state index in [0.717, 1.165) is 19.3 Å². The summed E-state index contributed by atoms with van der Waals surface area (Å²) in [6.45, 7) is 4.61. The van der Waals surface area contributed by atoms with E-state index < -0.39 is 0 Å². The first-order valence-corrected chi connectivity index (χ1v) is 6.18. The second kappa shape index (κ2) is 6.86. The van der Waals surface area contributed by atoms with Crippen LogP contribution in [0.3, 0.4) is 0 Å². The van der Waals surface area contributed by atoms with E-state index in [1.807, 2.05) is 13.8 Å². The highest BCUT2D eigenvalue weighted by Gasteiger charge is 2.22. The molecular weight excluding hydrogens is 206 g/mol. The molecule has 0 aromatic carbocycles. The van der Waals surface area contributed by atoms with E-state index in [0.29, 0.717) is 12.5 Å². The summed E-state index contributed by atoms with van der Waals surface area (Å²) >= 11 is 0. The first kappa shape index (κ1) is 13.5. The van der Waals surface area contributed by atoms with Gasteiger partial charge in [0.2, 0.25) is 0 Å². The Morgan fingerprint density at radius 3 is 2.75 bits per heavy atom. The van der Waals surface area contributed by atoms with Crippen molar-refractivity contribution in [2.45, 2.75) is 51.7 Å². The fourth-order valence-electron chi connectivity index (χ4n) is 2.09. The van der Waals surface area contributed by atoms with E-state index in [4.69, 9.17) is 4.74 Å². The minimum atomic E-state index is -0.222. The smallest absolute Gasteiger partial charge is 0.320 e. The van der Waals surface area contributed by atoms with E-state index in [1.54, 1.807) is 0 Å². The molecule has 1 rings (SSSR count). The Bertz CT molecular complexity index is 218. The van der Waals surface area contributed by atoms with Gasteiger partial charge in [-0.05, 0) is 32.6 Å². The Morgan fingerprint density at radius 1 is 1.44 bits per heavy atom. The van der Waals surface area contributed by atoms with Gasteiger partial charge in [-0.2, -0.15) is 0 Å². The minimum Gasteiger partial charge on any atom is -0.462 e. The van der Waals surface area contributed by atoms with Crippen LogP contribution in [0.4, 0.5) is 0 Å². The molecule has 0 aromatic rings. The highest BCUT2D eigenvalue weighted by atomic mass is 16.5. The molecule has 2 atom stereocenters. The first-order chi connectivity index (χ1) is 7.59. The molecule has 2 N–H and O–H groups in total. The molecule has 1 aliphatic carbocycles. The maximum Gasteiger partial charge on any atom is 0.320 e. The number of rotatable bonds is 5. The van der Waals surface area contributed by atoms with Crippen LogP contribution in [0, 0.1) is 5.92 Å². The number of carbonyl (C=O) groups is 1. The second-order valence-corrected chi connectivity index (χ2v) is 4.78. The maximum atomic E-state index is 11.2. The van der Waals surface area contributed by atoms with Crippen molar-refractivity contribution >= 4 is 5.97 Å². The topological polar surface area (TPSA) is 58.6 Å². The molecule has 0 spiro atoms. The molecule has 0 heterocycles. The zero-order valence-corrected chi connectivity index (χ0v) is 10.2. The molecule has 0 aromatic heterocycles. The van der Waals surface area contributed by atoms with Gasteiger partial charge >= 0.3 is 5.97 Å². The number of nitrogens with one attached hydrogen (secondary N) is 1. The van der Waals surface area contributed by atoms with E-state index >= 15 is 0 Å². The summed E-state index contributed by atoms with van der Waals surface area (Å²) in [5.74, 6) is 0.0703. The third-order valence-electron chi connectivity index (χ3n) is 2.91. The summed E-state index contributed by atoms with van der Waals surface area (Å²) in [4.78, 5) is 11.2. The third kappa shape index (κ3) is 4.94. The van der Waals surface area contributed by atoms with Crippen LogP contribution >= 0.6 is 0 Å².